The van der Waals surface area contributed by atoms with Gasteiger partial charge in [0.25, 0.3) is 0 Å². The van der Waals surface area contributed by atoms with Gasteiger partial charge in [0.15, 0.2) is 0 Å². The van der Waals surface area contributed by atoms with E-state index in [0.717, 1.165) is 23.7 Å². The van der Waals surface area contributed by atoms with Crippen LogP contribution in [-0.4, -0.2) is 22.6 Å². The minimum absolute atomic E-state index is 0.118. The molecule has 2 N–H and O–H groups in total. The standard InChI is InChI=1S/C11H16N2O2S/c1-6-7(2)16-10(13-6)9-5-8(11(14)15)3-4-12-9/h8-9,12H,3-5H2,1-2H3,(H,14,15). The molecule has 2 rings (SSSR count). The Hall–Kier alpha value is -0.940. The Balaban J connectivity index is 2.12. The van der Waals surface area contributed by atoms with Crippen LogP contribution in [0.15, 0.2) is 0 Å². The van der Waals surface area contributed by atoms with E-state index in [0.29, 0.717) is 6.42 Å². The van der Waals surface area contributed by atoms with Crippen molar-refractivity contribution in [1.29, 1.82) is 0 Å². The highest BCUT2D eigenvalue weighted by atomic mass is 32.1. The molecule has 2 atom stereocenters. The van der Waals surface area contributed by atoms with E-state index in [2.05, 4.69) is 10.3 Å². The summed E-state index contributed by atoms with van der Waals surface area (Å²) in [5.41, 5.74) is 1.05. The van der Waals surface area contributed by atoms with Gasteiger partial charge in [0.05, 0.1) is 17.7 Å². The van der Waals surface area contributed by atoms with Crippen LogP contribution in [0.5, 0.6) is 0 Å². The first-order valence-electron chi connectivity index (χ1n) is 5.48. The third-order valence-corrected chi connectivity index (χ3v) is 4.28. The second-order valence-electron chi connectivity index (χ2n) is 4.26. The van der Waals surface area contributed by atoms with Crippen molar-refractivity contribution in [3.05, 3.63) is 15.6 Å². The Bertz CT molecular complexity index is 383. The molecule has 0 bridgehead atoms. The summed E-state index contributed by atoms with van der Waals surface area (Å²) in [5.74, 6) is -0.910. The molecule has 1 aromatic rings. The molecule has 1 aromatic heterocycles. The van der Waals surface area contributed by atoms with Gasteiger partial charge in [-0.1, -0.05) is 0 Å². The number of carbonyl (C=O) groups is 1. The number of aliphatic carboxylic acids is 1. The third kappa shape index (κ3) is 2.25. The Morgan fingerprint density at radius 3 is 2.88 bits per heavy atom. The number of carboxylic acids is 1. The lowest BCUT2D eigenvalue weighted by atomic mass is 9.93. The number of piperidine rings is 1. The monoisotopic (exact) mass is 240 g/mol. The van der Waals surface area contributed by atoms with Gasteiger partial charge in [0.1, 0.15) is 5.01 Å². The first-order chi connectivity index (χ1) is 7.58. The average molecular weight is 240 g/mol. The highest BCUT2D eigenvalue weighted by molar-refractivity contribution is 7.11. The quantitative estimate of drug-likeness (QED) is 0.828. The highest BCUT2D eigenvalue weighted by Gasteiger charge is 2.29. The van der Waals surface area contributed by atoms with Gasteiger partial charge in [-0.25, -0.2) is 4.98 Å². The minimum atomic E-state index is -0.684. The summed E-state index contributed by atoms with van der Waals surface area (Å²) in [6, 6.07) is 0.118. The molecule has 2 heterocycles. The van der Waals surface area contributed by atoms with Crippen LogP contribution >= 0.6 is 11.3 Å². The molecule has 2 unspecified atom stereocenters. The molecule has 88 valence electrons. The summed E-state index contributed by atoms with van der Waals surface area (Å²) in [4.78, 5) is 16.7. The predicted octanol–water partition coefficient (Wildman–Crippen LogP) is 1.89. The molecule has 4 nitrogen and oxygen atoms in total. The summed E-state index contributed by atoms with van der Waals surface area (Å²) in [7, 11) is 0. The first kappa shape index (κ1) is 11.5. The minimum Gasteiger partial charge on any atom is -0.481 e. The maximum atomic E-state index is 11.0. The summed E-state index contributed by atoms with van der Waals surface area (Å²) in [6.45, 7) is 4.81. The van der Waals surface area contributed by atoms with Crippen molar-refractivity contribution in [2.24, 2.45) is 5.92 Å². The predicted molar refractivity (Wildman–Crippen MR) is 62.7 cm³/mol. The Kier molecular flexibility index (Phi) is 3.25. The fraction of sp³-hybridized carbons (Fsp3) is 0.636. The smallest absolute Gasteiger partial charge is 0.306 e. The van der Waals surface area contributed by atoms with Gasteiger partial charge in [0.2, 0.25) is 0 Å². The number of rotatable bonds is 2. The molecule has 0 saturated carbocycles. The fourth-order valence-corrected chi connectivity index (χ4v) is 2.99. The lowest BCUT2D eigenvalue weighted by molar-refractivity contribution is -0.143. The Labute approximate surface area is 98.7 Å². The lowest BCUT2D eigenvalue weighted by Crippen LogP contribution is -2.34. The van der Waals surface area contributed by atoms with Gasteiger partial charge < -0.3 is 10.4 Å². The summed E-state index contributed by atoms with van der Waals surface area (Å²) in [6.07, 6.45) is 1.37. The van der Waals surface area contributed by atoms with E-state index in [1.807, 2.05) is 13.8 Å². The maximum Gasteiger partial charge on any atom is 0.306 e. The van der Waals surface area contributed by atoms with Gasteiger partial charge in [-0.3, -0.25) is 4.79 Å². The molecule has 0 radical (unpaired) electrons. The second-order valence-corrected chi connectivity index (χ2v) is 5.49. The van der Waals surface area contributed by atoms with Crippen molar-refractivity contribution < 1.29 is 9.90 Å². The number of hydrogen-bond donors (Lipinski definition) is 2. The van der Waals surface area contributed by atoms with Gasteiger partial charge in [-0.05, 0) is 33.2 Å². The van der Waals surface area contributed by atoms with E-state index in [4.69, 9.17) is 5.11 Å². The largest absolute Gasteiger partial charge is 0.481 e. The van der Waals surface area contributed by atoms with Crippen LogP contribution < -0.4 is 5.32 Å². The molecule has 0 spiro atoms. The van der Waals surface area contributed by atoms with Crippen molar-refractivity contribution in [1.82, 2.24) is 10.3 Å². The molecule has 1 aliphatic rings. The topological polar surface area (TPSA) is 62.2 Å². The lowest BCUT2D eigenvalue weighted by Gasteiger charge is -2.26. The van der Waals surface area contributed by atoms with Crippen LogP contribution in [-0.2, 0) is 4.79 Å². The van der Waals surface area contributed by atoms with Crippen molar-refractivity contribution in [2.75, 3.05) is 6.54 Å². The zero-order chi connectivity index (χ0) is 11.7. The van der Waals surface area contributed by atoms with Crippen LogP contribution in [0.3, 0.4) is 0 Å². The van der Waals surface area contributed by atoms with Crippen molar-refractivity contribution >= 4 is 17.3 Å². The van der Waals surface area contributed by atoms with Gasteiger partial charge >= 0.3 is 5.97 Å². The normalized spacial score (nSPS) is 25.6. The van der Waals surface area contributed by atoms with E-state index in [1.165, 1.54) is 4.88 Å². The van der Waals surface area contributed by atoms with Crippen molar-refractivity contribution in [3.63, 3.8) is 0 Å². The number of nitrogens with zero attached hydrogens (tertiary/aromatic N) is 1. The molecule has 1 saturated heterocycles. The van der Waals surface area contributed by atoms with Gasteiger partial charge in [-0.2, -0.15) is 0 Å². The van der Waals surface area contributed by atoms with E-state index >= 15 is 0 Å². The summed E-state index contributed by atoms with van der Waals surface area (Å²) >= 11 is 1.67. The average Bonchev–Trinajstić information content (AvgIpc) is 2.59. The zero-order valence-electron chi connectivity index (χ0n) is 9.49. The fourth-order valence-electron chi connectivity index (χ4n) is 1.98. The molecule has 5 heteroatoms. The molecule has 0 amide bonds. The molecule has 1 aliphatic heterocycles. The number of hydrogen-bond acceptors (Lipinski definition) is 4. The molecule has 0 aromatic carbocycles. The van der Waals surface area contributed by atoms with Crippen LogP contribution in [0, 0.1) is 19.8 Å². The second kappa shape index (κ2) is 4.51. The molecule has 0 aliphatic carbocycles. The van der Waals surface area contributed by atoms with E-state index in [9.17, 15) is 4.79 Å². The number of nitrogens with one attached hydrogen (secondary N) is 1. The Morgan fingerprint density at radius 2 is 2.31 bits per heavy atom. The Morgan fingerprint density at radius 1 is 1.56 bits per heavy atom. The van der Waals surface area contributed by atoms with Crippen LogP contribution in [0.4, 0.5) is 0 Å². The molecular weight excluding hydrogens is 224 g/mol. The number of aryl methyl sites for hydroxylation is 2. The number of carboxylic acid groups (broad SMARTS) is 1. The van der Waals surface area contributed by atoms with Crippen LogP contribution in [0.25, 0.3) is 0 Å². The number of aromatic nitrogens is 1. The van der Waals surface area contributed by atoms with Gasteiger partial charge in [0, 0.05) is 4.88 Å². The molecule has 1 fully saturated rings. The summed E-state index contributed by atoms with van der Waals surface area (Å²) < 4.78 is 0. The van der Waals surface area contributed by atoms with E-state index in [-0.39, 0.29) is 12.0 Å². The van der Waals surface area contributed by atoms with Crippen molar-refractivity contribution in [3.8, 4) is 0 Å². The van der Waals surface area contributed by atoms with Crippen LogP contribution in [0.2, 0.25) is 0 Å². The SMILES string of the molecule is Cc1nc(C2CC(C(=O)O)CCN2)sc1C. The van der Waals surface area contributed by atoms with E-state index < -0.39 is 5.97 Å². The summed E-state index contributed by atoms with van der Waals surface area (Å²) in [5, 5.41) is 13.4. The molecular formula is C11H16N2O2S. The van der Waals surface area contributed by atoms with Gasteiger partial charge in [-0.15, -0.1) is 11.3 Å². The first-order valence-corrected chi connectivity index (χ1v) is 6.29. The van der Waals surface area contributed by atoms with Crippen molar-refractivity contribution in [2.45, 2.75) is 32.7 Å². The zero-order valence-corrected chi connectivity index (χ0v) is 10.3. The highest BCUT2D eigenvalue weighted by Crippen LogP contribution is 2.31. The van der Waals surface area contributed by atoms with E-state index in [1.54, 1.807) is 11.3 Å². The maximum absolute atomic E-state index is 11.0. The number of thiazole rings is 1. The molecule has 16 heavy (non-hydrogen) atoms. The third-order valence-electron chi connectivity index (χ3n) is 3.10. The van der Waals surface area contributed by atoms with Crippen LogP contribution in [0.1, 0.15) is 34.5 Å².